The number of hydrogen-bond acceptors (Lipinski definition) is 4. The fraction of sp³-hybridized carbons (Fsp3) is 0.0476. The first-order chi connectivity index (χ1) is 13.2. The van der Waals surface area contributed by atoms with Crippen LogP contribution in [0, 0.1) is 0 Å². The quantitative estimate of drug-likeness (QED) is 0.387. The molecule has 0 saturated heterocycles. The van der Waals surface area contributed by atoms with Crippen LogP contribution < -0.4 is 10.9 Å². The van der Waals surface area contributed by atoms with Gasteiger partial charge in [0.2, 0.25) is 0 Å². The Labute approximate surface area is 154 Å². The molecular weight excluding hydrogens is 342 g/mol. The van der Waals surface area contributed by atoms with Crippen LogP contribution in [0.2, 0.25) is 0 Å². The largest absolute Gasteiger partial charge is 0.437 e. The van der Waals surface area contributed by atoms with Gasteiger partial charge in [-0.3, -0.25) is 10.2 Å². The van der Waals surface area contributed by atoms with Crippen LogP contribution in [0.25, 0.3) is 21.7 Å². The van der Waals surface area contributed by atoms with Gasteiger partial charge in [-0.25, -0.2) is 4.79 Å². The van der Waals surface area contributed by atoms with Crippen LogP contribution in [-0.2, 0) is 4.74 Å². The van der Waals surface area contributed by atoms with E-state index in [1.807, 2.05) is 42.5 Å². The molecule has 1 amide bonds. The Morgan fingerprint density at radius 3 is 2.67 bits per heavy atom. The summed E-state index contributed by atoms with van der Waals surface area (Å²) in [6.45, 7) is 0. The molecule has 1 atom stereocenters. The molecule has 2 heterocycles. The molecule has 3 aromatic carbocycles. The Morgan fingerprint density at radius 2 is 1.74 bits per heavy atom. The van der Waals surface area contributed by atoms with Crippen molar-refractivity contribution < 1.29 is 14.3 Å². The normalized spacial score (nSPS) is 15.7. The predicted molar refractivity (Wildman–Crippen MR) is 101 cm³/mol. The van der Waals surface area contributed by atoms with E-state index in [0.717, 1.165) is 21.7 Å². The first-order valence-electron chi connectivity index (χ1n) is 8.57. The Hall–Kier alpha value is -3.64. The number of ether oxygens (including phenoxy) is 1. The average Bonchev–Trinajstić information content (AvgIpc) is 3.28. The second-order valence-electron chi connectivity index (χ2n) is 6.40. The lowest BCUT2D eigenvalue weighted by atomic mass is 10.1. The molecule has 0 radical (unpaired) electrons. The predicted octanol–water partition coefficient (Wildman–Crippen LogP) is 3.42. The molecule has 0 fully saturated rings. The lowest BCUT2D eigenvalue weighted by Crippen LogP contribution is -2.40. The van der Waals surface area contributed by atoms with Crippen LogP contribution >= 0.6 is 0 Å². The number of nitrogens with one attached hydrogen (secondary N) is 3. The average molecular weight is 357 g/mol. The number of fused-ring (bicyclic) bond motifs is 4. The fourth-order valence-corrected chi connectivity index (χ4v) is 3.45. The molecule has 0 saturated carbocycles. The molecule has 6 heteroatoms. The molecule has 5 rings (SSSR count). The Morgan fingerprint density at radius 1 is 0.963 bits per heavy atom. The highest BCUT2D eigenvalue weighted by atomic mass is 16.6. The molecule has 0 aliphatic carbocycles. The summed E-state index contributed by atoms with van der Waals surface area (Å²) in [4.78, 5) is 27.6. The summed E-state index contributed by atoms with van der Waals surface area (Å²) in [6, 6.07) is 20.9. The molecule has 6 nitrogen and oxygen atoms in total. The van der Waals surface area contributed by atoms with Gasteiger partial charge in [-0.05, 0) is 17.5 Å². The molecule has 1 aliphatic heterocycles. The van der Waals surface area contributed by atoms with Gasteiger partial charge in [-0.2, -0.15) is 5.43 Å². The number of benzene rings is 3. The monoisotopic (exact) mass is 357 g/mol. The topological polar surface area (TPSA) is 83.2 Å². The van der Waals surface area contributed by atoms with E-state index in [-0.39, 0.29) is 5.91 Å². The van der Waals surface area contributed by atoms with Gasteiger partial charge < -0.3 is 9.72 Å². The maximum atomic E-state index is 12.6. The molecule has 4 aromatic rings. The summed E-state index contributed by atoms with van der Waals surface area (Å²) in [6.07, 6.45) is -0.706. The summed E-state index contributed by atoms with van der Waals surface area (Å²) < 4.78 is 5.26. The summed E-state index contributed by atoms with van der Waals surface area (Å²) in [5.74, 6) is -0.745. The Balaban J connectivity index is 1.39. The van der Waals surface area contributed by atoms with E-state index in [2.05, 4.69) is 15.8 Å². The van der Waals surface area contributed by atoms with Crippen molar-refractivity contribution in [3.05, 3.63) is 83.6 Å². The van der Waals surface area contributed by atoms with Crippen molar-refractivity contribution in [3.63, 3.8) is 0 Å². The number of rotatable bonds is 3. The van der Waals surface area contributed by atoms with E-state index in [1.54, 1.807) is 24.3 Å². The highest BCUT2D eigenvalue weighted by Crippen LogP contribution is 2.28. The summed E-state index contributed by atoms with van der Waals surface area (Å²) in [5, 5.41) is 3.11. The van der Waals surface area contributed by atoms with Gasteiger partial charge in [-0.1, -0.05) is 54.6 Å². The molecule has 132 valence electrons. The minimum absolute atomic E-state index is 0.337. The fourth-order valence-electron chi connectivity index (χ4n) is 3.45. The number of amides is 1. The second kappa shape index (κ2) is 5.96. The van der Waals surface area contributed by atoms with E-state index in [1.165, 1.54) is 0 Å². The van der Waals surface area contributed by atoms with E-state index in [4.69, 9.17) is 4.74 Å². The molecule has 0 bridgehead atoms. The first-order valence-corrected chi connectivity index (χ1v) is 8.57. The second-order valence-corrected chi connectivity index (χ2v) is 6.40. The maximum Gasteiger partial charge on any atom is 0.340 e. The van der Waals surface area contributed by atoms with E-state index in [0.29, 0.717) is 16.8 Å². The van der Waals surface area contributed by atoms with Crippen molar-refractivity contribution in [2.24, 2.45) is 0 Å². The van der Waals surface area contributed by atoms with E-state index in [9.17, 15) is 9.59 Å². The van der Waals surface area contributed by atoms with Crippen molar-refractivity contribution in [2.45, 2.75) is 6.23 Å². The van der Waals surface area contributed by atoms with Crippen molar-refractivity contribution in [1.82, 2.24) is 15.8 Å². The van der Waals surface area contributed by atoms with Gasteiger partial charge in [0, 0.05) is 16.3 Å². The van der Waals surface area contributed by atoms with E-state index >= 15 is 0 Å². The summed E-state index contributed by atoms with van der Waals surface area (Å²) >= 11 is 0. The first kappa shape index (κ1) is 15.6. The van der Waals surface area contributed by atoms with Gasteiger partial charge in [0.15, 0.2) is 6.23 Å². The summed E-state index contributed by atoms with van der Waals surface area (Å²) in [5.41, 5.74) is 7.94. The molecule has 1 aliphatic rings. The summed E-state index contributed by atoms with van der Waals surface area (Å²) in [7, 11) is 0. The molecule has 27 heavy (non-hydrogen) atoms. The number of esters is 1. The zero-order chi connectivity index (χ0) is 18.4. The van der Waals surface area contributed by atoms with Crippen LogP contribution in [0.4, 0.5) is 0 Å². The van der Waals surface area contributed by atoms with Crippen LogP contribution in [0.1, 0.15) is 32.6 Å². The van der Waals surface area contributed by atoms with Crippen molar-refractivity contribution in [2.75, 3.05) is 0 Å². The minimum atomic E-state index is -0.706. The number of carbonyl (C=O) groups is 2. The zero-order valence-electron chi connectivity index (χ0n) is 14.2. The Bertz CT molecular complexity index is 1210. The number of cyclic esters (lactones) is 1. The van der Waals surface area contributed by atoms with Crippen molar-refractivity contribution in [3.8, 4) is 0 Å². The van der Waals surface area contributed by atoms with Crippen LogP contribution in [0.15, 0.2) is 66.7 Å². The van der Waals surface area contributed by atoms with Crippen LogP contribution in [0.3, 0.4) is 0 Å². The SMILES string of the molecule is O=C(NN[C@@H]1OC(=O)c2ccccc21)c1cc2ccc3ccccc3c2[nH]1. The highest BCUT2D eigenvalue weighted by Gasteiger charge is 2.30. The Kier molecular flexibility index (Phi) is 3.45. The number of hydrogen-bond donors (Lipinski definition) is 3. The molecular formula is C21H15N3O3. The standard InChI is InChI=1S/C21H15N3O3/c25-19(23-24-20-15-7-3-4-8-16(15)21(26)27-20)17-11-13-10-9-12-5-1-2-6-14(12)18(13)22-17/h1-11,20,22,24H,(H,23,25)/t20-/m1/s1. The molecule has 1 aromatic heterocycles. The number of H-pyrrole nitrogens is 1. The molecule has 0 unspecified atom stereocenters. The van der Waals surface area contributed by atoms with Gasteiger partial charge >= 0.3 is 5.97 Å². The minimum Gasteiger partial charge on any atom is -0.437 e. The van der Waals surface area contributed by atoms with Gasteiger partial charge in [0.25, 0.3) is 5.91 Å². The maximum absolute atomic E-state index is 12.6. The van der Waals surface area contributed by atoms with Gasteiger partial charge in [0.1, 0.15) is 5.69 Å². The third-order valence-electron chi connectivity index (χ3n) is 4.77. The lowest BCUT2D eigenvalue weighted by Gasteiger charge is -2.13. The van der Waals surface area contributed by atoms with Crippen LogP contribution in [0.5, 0.6) is 0 Å². The number of aromatic amines is 1. The van der Waals surface area contributed by atoms with Crippen LogP contribution in [-0.4, -0.2) is 16.9 Å². The molecule has 3 N–H and O–H groups in total. The molecule has 0 spiro atoms. The third-order valence-corrected chi connectivity index (χ3v) is 4.77. The number of hydrazine groups is 1. The zero-order valence-corrected chi connectivity index (χ0v) is 14.2. The number of aromatic nitrogens is 1. The van der Waals surface area contributed by atoms with Gasteiger partial charge in [0.05, 0.1) is 11.1 Å². The van der Waals surface area contributed by atoms with Crippen molar-refractivity contribution in [1.29, 1.82) is 0 Å². The van der Waals surface area contributed by atoms with Gasteiger partial charge in [-0.15, -0.1) is 0 Å². The smallest absolute Gasteiger partial charge is 0.340 e. The number of carbonyl (C=O) groups excluding carboxylic acids is 2. The third kappa shape index (κ3) is 2.54. The highest BCUT2D eigenvalue weighted by molar-refractivity contribution is 6.08. The lowest BCUT2D eigenvalue weighted by molar-refractivity contribution is 0.0261. The van der Waals surface area contributed by atoms with Crippen molar-refractivity contribution >= 4 is 33.6 Å². The van der Waals surface area contributed by atoms with E-state index < -0.39 is 12.2 Å².